The fraction of sp³-hybridized carbons (Fsp3) is 0.250. The molecule has 0 bridgehead atoms. The maximum atomic E-state index is 13.1. The molecule has 1 aliphatic heterocycles. The van der Waals surface area contributed by atoms with Gasteiger partial charge in [0.2, 0.25) is 0 Å². The van der Waals surface area contributed by atoms with Gasteiger partial charge >= 0.3 is 0 Å². The van der Waals surface area contributed by atoms with Crippen LogP contribution in [0.3, 0.4) is 0 Å². The Morgan fingerprint density at radius 1 is 1.07 bits per heavy atom. The van der Waals surface area contributed by atoms with Crippen LogP contribution < -0.4 is 10.2 Å². The molecule has 5 heteroatoms. The molecule has 1 amide bonds. The lowest BCUT2D eigenvalue weighted by atomic mass is 10.0. The van der Waals surface area contributed by atoms with Gasteiger partial charge in [-0.1, -0.05) is 60.2 Å². The molecular weight excluding hydrogens is 362 g/mol. The van der Waals surface area contributed by atoms with Crippen molar-refractivity contribution in [3.8, 4) is 0 Å². The topological polar surface area (TPSA) is 54.5 Å². The van der Waals surface area contributed by atoms with E-state index < -0.39 is 0 Å². The quantitative estimate of drug-likeness (QED) is 0.709. The average Bonchev–Trinajstić information content (AvgIpc) is 2.71. The summed E-state index contributed by atoms with van der Waals surface area (Å²) >= 11 is 0. The Balaban J connectivity index is 1.85. The molecule has 0 saturated heterocycles. The van der Waals surface area contributed by atoms with Crippen molar-refractivity contribution in [1.82, 2.24) is 10.3 Å². The molecule has 0 saturated carbocycles. The first-order valence-corrected chi connectivity index (χ1v) is 9.74. The molecule has 1 atom stereocenters. The highest BCUT2D eigenvalue weighted by Crippen LogP contribution is 2.35. The number of ether oxygens (including phenoxy) is 1. The first kappa shape index (κ1) is 19.2. The minimum atomic E-state index is -0.291. The van der Waals surface area contributed by atoms with E-state index in [1.807, 2.05) is 31.2 Å². The van der Waals surface area contributed by atoms with Crippen LogP contribution in [0.2, 0.25) is 0 Å². The van der Waals surface area contributed by atoms with Crippen molar-refractivity contribution in [2.45, 2.75) is 33.2 Å². The number of aryl methyl sites for hydroxylation is 2. The van der Waals surface area contributed by atoms with Crippen LogP contribution in [-0.2, 0) is 17.9 Å². The standard InChI is InChI=1S/C24H25N3O2/c1-16-9-11-19(12-10-16)22-26-24(28)21-20(15-29-3)13-17(2)25-23(21)27(22)14-18-7-5-4-6-8-18/h4-13,22H,14-15H2,1-3H3,(H,26,28)/t22-/m0/s1. The van der Waals surface area contributed by atoms with E-state index in [1.54, 1.807) is 7.11 Å². The summed E-state index contributed by atoms with van der Waals surface area (Å²) in [6.45, 7) is 5.01. The molecule has 5 nitrogen and oxygen atoms in total. The van der Waals surface area contributed by atoms with Crippen LogP contribution in [0.25, 0.3) is 0 Å². The van der Waals surface area contributed by atoms with Crippen LogP contribution >= 0.6 is 0 Å². The summed E-state index contributed by atoms with van der Waals surface area (Å²) in [5.74, 6) is 0.588. The molecule has 29 heavy (non-hydrogen) atoms. The summed E-state index contributed by atoms with van der Waals surface area (Å²) in [5, 5.41) is 3.19. The molecule has 2 aromatic carbocycles. The summed E-state index contributed by atoms with van der Waals surface area (Å²) in [6.07, 6.45) is -0.291. The Morgan fingerprint density at radius 3 is 2.48 bits per heavy atom. The van der Waals surface area contributed by atoms with Gasteiger partial charge in [-0.3, -0.25) is 4.79 Å². The number of hydrogen-bond donors (Lipinski definition) is 1. The van der Waals surface area contributed by atoms with Gasteiger partial charge < -0.3 is 15.0 Å². The molecule has 1 aliphatic rings. The highest BCUT2D eigenvalue weighted by Gasteiger charge is 2.35. The van der Waals surface area contributed by atoms with E-state index in [2.05, 4.69) is 53.5 Å². The molecule has 148 valence electrons. The zero-order valence-electron chi connectivity index (χ0n) is 17.0. The predicted molar refractivity (Wildman–Crippen MR) is 114 cm³/mol. The largest absolute Gasteiger partial charge is 0.380 e. The molecule has 1 N–H and O–H groups in total. The lowest BCUT2D eigenvalue weighted by Crippen LogP contribution is -2.47. The monoisotopic (exact) mass is 387 g/mol. The van der Waals surface area contributed by atoms with Gasteiger partial charge in [-0.15, -0.1) is 0 Å². The number of nitrogens with one attached hydrogen (secondary N) is 1. The Labute approximate surface area is 171 Å². The van der Waals surface area contributed by atoms with E-state index in [0.717, 1.165) is 22.4 Å². The second-order valence-corrected chi connectivity index (χ2v) is 7.45. The number of methoxy groups -OCH3 is 1. The zero-order valence-corrected chi connectivity index (χ0v) is 17.0. The van der Waals surface area contributed by atoms with Crippen molar-refractivity contribution >= 4 is 11.7 Å². The summed E-state index contributed by atoms with van der Waals surface area (Å²) in [6, 6.07) is 20.4. The SMILES string of the molecule is COCc1cc(C)nc2c1C(=O)N[C@H](c1ccc(C)cc1)N2Cc1ccccc1. The van der Waals surface area contributed by atoms with Crippen molar-refractivity contribution in [2.75, 3.05) is 12.0 Å². The third-order valence-corrected chi connectivity index (χ3v) is 5.18. The number of pyridine rings is 1. The van der Waals surface area contributed by atoms with Crippen molar-refractivity contribution in [3.05, 3.63) is 94.2 Å². The minimum Gasteiger partial charge on any atom is -0.380 e. The highest BCUT2D eigenvalue weighted by molar-refractivity contribution is 6.02. The lowest BCUT2D eigenvalue weighted by Gasteiger charge is -2.39. The van der Waals surface area contributed by atoms with Crippen molar-refractivity contribution in [2.24, 2.45) is 0 Å². The predicted octanol–water partition coefficient (Wildman–Crippen LogP) is 4.29. The number of benzene rings is 2. The first-order chi connectivity index (χ1) is 14.1. The van der Waals surface area contributed by atoms with E-state index >= 15 is 0 Å². The Kier molecular flexibility index (Phi) is 5.32. The third-order valence-electron chi connectivity index (χ3n) is 5.18. The maximum Gasteiger partial charge on any atom is 0.257 e. The van der Waals surface area contributed by atoms with E-state index in [1.165, 1.54) is 5.56 Å². The van der Waals surface area contributed by atoms with Gasteiger partial charge in [0, 0.05) is 19.3 Å². The van der Waals surface area contributed by atoms with Crippen LogP contribution in [0, 0.1) is 13.8 Å². The number of aromatic nitrogens is 1. The summed E-state index contributed by atoms with van der Waals surface area (Å²) < 4.78 is 5.35. The van der Waals surface area contributed by atoms with Crippen LogP contribution in [0.4, 0.5) is 5.82 Å². The summed E-state index contributed by atoms with van der Waals surface area (Å²) in [4.78, 5) is 20.1. The summed E-state index contributed by atoms with van der Waals surface area (Å²) in [5.41, 5.74) is 5.68. The number of nitrogens with zero attached hydrogens (tertiary/aromatic N) is 2. The molecular formula is C24H25N3O2. The fourth-order valence-corrected chi connectivity index (χ4v) is 3.80. The fourth-order valence-electron chi connectivity index (χ4n) is 3.80. The molecule has 0 fully saturated rings. The van der Waals surface area contributed by atoms with Gasteiger partial charge in [-0.2, -0.15) is 0 Å². The number of carbonyl (C=O) groups is 1. The third kappa shape index (κ3) is 3.87. The van der Waals surface area contributed by atoms with Crippen molar-refractivity contribution in [1.29, 1.82) is 0 Å². The molecule has 3 aromatic rings. The molecule has 2 heterocycles. The summed E-state index contributed by atoms with van der Waals surface area (Å²) in [7, 11) is 1.64. The van der Waals surface area contributed by atoms with E-state index in [4.69, 9.17) is 9.72 Å². The number of hydrogen-bond acceptors (Lipinski definition) is 4. The van der Waals surface area contributed by atoms with E-state index in [0.29, 0.717) is 24.5 Å². The smallest absolute Gasteiger partial charge is 0.257 e. The highest BCUT2D eigenvalue weighted by atomic mass is 16.5. The Hall–Kier alpha value is -3.18. The lowest BCUT2D eigenvalue weighted by molar-refractivity contribution is 0.0919. The number of rotatable bonds is 5. The number of amides is 1. The Morgan fingerprint density at radius 2 is 1.79 bits per heavy atom. The maximum absolute atomic E-state index is 13.1. The number of carbonyl (C=O) groups excluding carboxylic acids is 1. The van der Waals surface area contributed by atoms with Gasteiger partial charge in [0.1, 0.15) is 12.0 Å². The Bertz CT molecular complexity index is 1020. The van der Waals surface area contributed by atoms with Crippen LogP contribution in [0.1, 0.15) is 44.5 Å². The van der Waals surface area contributed by atoms with Gasteiger partial charge in [0.05, 0.1) is 12.2 Å². The molecule has 0 aliphatic carbocycles. The minimum absolute atomic E-state index is 0.116. The normalized spacial score (nSPS) is 15.8. The average molecular weight is 387 g/mol. The first-order valence-electron chi connectivity index (χ1n) is 9.74. The van der Waals surface area contributed by atoms with Gasteiger partial charge in [0.15, 0.2) is 0 Å². The number of anilines is 1. The van der Waals surface area contributed by atoms with Gasteiger partial charge in [0.25, 0.3) is 5.91 Å². The van der Waals surface area contributed by atoms with Crippen molar-refractivity contribution in [3.63, 3.8) is 0 Å². The number of fused-ring (bicyclic) bond motifs is 1. The van der Waals surface area contributed by atoms with Gasteiger partial charge in [-0.05, 0) is 36.6 Å². The molecule has 1 aromatic heterocycles. The van der Waals surface area contributed by atoms with Crippen molar-refractivity contribution < 1.29 is 9.53 Å². The molecule has 0 spiro atoms. The van der Waals surface area contributed by atoms with Crippen LogP contribution in [-0.4, -0.2) is 18.0 Å². The second kappa shape index (κ2) is 8.05. The molecule has 0 unspecified atom stereocenters. The van der Waals surface area contributed by atoms with Crippen LogP contribution in [0.15, 0.2) is 60.7 Å². The van der Waals surface area contributed by atoms with E-state index in [-0.39, 0.29) is 12.1 Å². The molecule has 4 rings (SSSR count). The molecule has 0 radical (unpaired) electrons. The zero-order chi connectivity index (χ0) is 20.4. The second-order valence-electron chi connectivity index (χ2n) is 7.45. The van der Waals surface area contributed by atoms with Gasteiger partial charge in [-0.25, -0.2) is 4.98 Å². The van der Waals surface area contributed by atoms with E-state index in [9.17, 15) is 4.79 Å². The van der Waals surface area contributed by atoms with Crippen LogP contribution in [0.5, 0.6) is 0 Å².